The van der Waals surface area contributed by atoms with Gasteiger partial charge in [-0.1, -0.05) is 36.9 Å². The van der Waals surface area contributed by atoms with Gasteiger partial charge in [-0.05, 0) is 54.8 Å². The number of anilines is 1. The number of ether oxygens (including phenoxy) is 2. The molecule has 2 aromatic rings. The molecule has 0 unspecified atom stereocenters. The molecule has 1 heterocycles. The number of thioether (sulfide) groups is 1. The van der Waals surface area contributed by atoms with E-state index in [1.807, 2.05) is 43.3 Å². The van der Waals surface area contributed by atoms with Gasteiger partial charge in [-0.2, -0.15) is 0 Å². The molecule has 1 saturated heterocycles. The van der Waals surface area contributed by atoms with Crippen molar-refractivity contribution < 1.29 is 14.3 Å². The second-order valence-corrected chi connectivity index (χ2v) is 7.16. The van der Waals surface area contributed by atoms with Gasteiger partial charge < -0.3 is 20.1 Å². The summed E-state index contributed by atoms with van der Waals surface area (Å²) in [6, 6.07) is 13.9. The van der Waals surface area contributed by atoms with Crippen LogP contribution in [0.2, 0.25) is 0 Å². The van der Waals surface area contributed by atoms with Crippen LogP contribution in [-0.2, 0) is 11.2 Å². The maximum absolute atomic E-state index is 12.3. The number of aryl methyl sites for hydroxylation is 1. The molecule has 1 aliphatic heterocycles. The van der Waals surface area contributed by atoms with E-state index >= 15 is 0 Å². The summed E-state index contributed by atoms with van der Waals surface area (Å²) >= 11 is 1.46. The average molecular weight is 385 g/mol. The van der Waals surface area contributed by atoms with Crippen LogP contribution in [0.4, 0.5) is 5.69 Å². The Balaban J connectivity index is 1.71. The molecule has 0 aliphatic carbocycles. The summed E-state index contributed by atoms with van der Waals surface area (Å²) in [7, 11) is 1.61. The minimum atomic E-state index is -0.194. The average Bonchev–Trinajstić information content (AvgIpc) is 3.02. The fourth-order valence-corrected chi connectivity index (χ4v) is 3.74. The van der Waals surface area contributed by atoms with Gasteiger partial charge in [-0.15, -0.1) is 0 Å². The summed E-state index contributed by atoms with van der Waals surface area (Å²) < 4.78 is 10.9. The standard InChI is InChI=1S/C21H24N2O3S/c1-4-14-6-9-16(10-7-14)22-21-23-20(24)19(27-21)13-15-8-11-17(25-3)18(12-15)26-5-2/h6-13,21-22H,4-5H2,1-3H3,(H,23,24)/b19-13-/t21-/m1/s1. The smallest absolute Gasteiger partial charge is 0.260 e. The Morgan fingerprint density at radius 1 is 1.15 bits per heavy atom. The third-order valence-corrected chi connectivity index (χ3v) is 5.20. The van der Waals surface area contributed by atoms with Crippen molar-refractivity contribution in [2.24, 2.45) is 0 Å². The number of nitrogens with one attached hydrogen (secondary N) is 2. The highest BCUT2D eigenvalue weighted by molar-refractivity contribution is 8.05. The Bertz CT molecular complexity index is 834. The number of hydrogen-bond donors (Lipinski definition) is 2. The second kappa shape index (κ2) is 8.86. The Morgan fingerprint density at radius 3 is 2.59 bits per heavy atom. The van der Waals surface area contributed by atoms with Gasteiger partial charge in [0.15, 0.2) is 17.0 Å². The quantitative estimate of drug-likeness (QED) is 0.699. The molecule has 0 saturated carbocycles. The first-order valence-electron chi connectivity index (χ1n) is 8.98. The normalized spacial score (nSPS) is 17.7. The number of benzene rings is 2. The van der Waals surface area contributed by atoms with Crippen LogP contribution in [0, 0.1) is 0 Å². The van der Waals surface area contributed by atoms with Crippen LogP contribution in [0.25, 0.3) is 6.08 Å². The third kappa shape index (κ3) is 4.77. The number of amides is 1. The molecule has 0 aromatic heterocycles. The lowest BCUT2D eigenvalue weighted by atomic mass is 10.1. The summed E-state index contributed by atoms with van der Waals surface area (Å²) in [5, 5.41) is 6.29. The molecule has 0 radical (unpaired) electrons. The number of carbonyl (C=O) groups is 1. The second-order valence-electron chi connectivity index (χ2n) is 6.02. The van der Waals surface area contributed by atoms with E-state index in [-0.39, 0.29) is 11.4 Å². The molecule has 0 bridgehead atoms. The van der Waals surface area contributed by atoms with Gasteiger partial charge in [0, 0.05) is 5.69 Å². The largest absolute Gasteiger partial charge is 0.493 e. The number of carbonyl (C=O) groups excluding carboxylic acids is 1. The van der Waals surface area contributed by atoms with Crippen LogP contribution in [0.3, 0.4) is 0 Å². The van der Waals surface area contributed by atoms with E-state index in [2.05, 4.69) is 29.7 Å². The van der Waals surface area contributed by atoms with Crippen LogP contribution in [0.15, 0.2) is 47.4 Å². The molecule has 2 N–H and O–H groups in total. The number of rotatable bonds is 7. The summed E-state index contributed by atoms with van der Waals surface area (Å²) in [6.45, 7) is 4.60. The summed E-state index contributed by atoms with van der Waals surface area (Å²) in [6.07, 6.45) is 2.87. The van der Waals surface area contributed by atoms with Crippen molar-refractivity contribution in [3.8, 4) is 11.5 Å². The van der Waals surface area contributed by atoms with Gasteiger partial charge in [0.2, 0.25) is 0 Å². The molecule has 5 nitrogen and oxygen atoms in total. The minimum absolute atomic E-state index is 0.0866. The van der Waals surface area contributed by atoms with E-state index in [0.717, 1.165) is 17.7 Å². The van der Waals surface area contributed by atoms with Gasteiger partial charge in [-0.25, -0.2) is 0 Å². The highest BCUT2D eigenvalue weighted by atomic mass is 32.2. The van der Waals surface area contributed by atoms with E-state index in [0.29, 0.717) is 23.0 Å². The van der Waals surface area contributed by atoms with Crippen LogP contribution >= 0.6 is 11.8 Å². The van der Waals surface area contributed by atoms with E-state index in [1.165, 1.54) is 17.3 Å². The Hall–Kier alpha value is -2.60. The van der Waals surface area contributed by atoms with Crippen molar-refractivity contribution in [3.05, 3.63) is 58.5 Å². The minimum Gasteiger partial charge on any atom is -0.493 e. The van der Waals surface area contributed by atoms with E-state index in [4.69, 9.17) is 9.47 Å². The highest BCUT2D eigenvalue weighted by Crippen LogP contribution is 2.33. The number of hydrogen-bond acceptors (Lipinski definition) is 5. The van der Waals surface area contributed by atoms with E-state index < -0.39 is 0 Å². The zero-order valence-corrected chi connectivity index (χ0v) is 16.6. The zero-order chi connectivity index (χ0) is 19.2. The first-order valence-corrected chi connectivity index (χ1v) is 9.86. The van der Waals surface area contributed by atoms with Crippen LogP contribution in [-0.4, -0.2) is 25.1 Å². The van der Waals surface area contributed by atoms with Crippen LogP contribution in [0.1, 0.15) is 25.0 Å². The Kier molecular flexibility index (Phi) is 6.29. The van der Waals surface area contributed by atoms with Crippen molar-refractivity contribution >= 4 is 29.4 Å². The highest BCUT2D eigenvalue weighted by Gasteiger charge is 2.27. The molecule has 1 amide bonds. The summed E-state index contributed by atoms with van der Waals surface area (Å²) in [5.41, 5.74) is 2.97. The summed E-state index contributed by atoms with van der Waals surface area (Å²) in [4.78, 5) is 13.0. The first kappa shape index (κ1) is 19.2. The van der Waals surface area contributed by atoms with Crippen molar-refractivity contribution in [2.45, 2.75) is 25.8 Å². The van der Waals surface area contributed by atoms with Crippen LogP contribution < -0.4 is 20.1 Å². The zero-order valence-electron chi connectivity index (χ0n) is 15.7. The van der Waals surface area contributed by atoms with Crippen molar-refractivity contribution in [1.82, 2.24) is 5.32 Å². The van der Waals surface area contributed by atoms with Crippen molar-refractivity contribution in [2.75, 3.05) is 19.0 Å². The van der Waals surface area contributed by atoms with E-state index in [1.54, 1.807) is 7.11 Å². The monoisotopic (exact) mass is 384 g/mol. The van der Waals surface area contributed by atoms with Gasteiger partial charge >= 0.3 is 0 Å². The fourth-order valence-electron chi connectivity index (χ4n) is 2.76. The lowest BCUT2D eigenvalue weighted by molar-refractivity contribution is -0.116. The van der Waals surface area contributed by atoms with Crippen LogP contribution in [0.5, 0.6) is 11.5 Å². The lowest BCUT2D eigenvalue weighted by Gasteiger charge is -2.13. The van der Waals surface area contributed by atoms with E-state index in [9.17, 15) is 4.79 Å². The fraction of sp³-hybridized carbons (Fsp3) is 0.286. The lowest BCUT2D eigenvalue weighted by Crippen LogP contribution is -2.30. The topological polar surface area (TPSA) is 59.6 Å². The molecule has 2 aromatic carbocycles. The Morgan fingerprint density at radius 2 is 1.93 bits per heavy atom. The molecule has 0 spiro atoms. The third-order valence-electron chi connectivity index (χ3n) is 4.18. The predicted octanol–water partition coefficient (Wildman–Crippen LogP) is 4.26. The van der Waals surface area contributed by atoms with Gasteiger partial charge in [0.05, 0.1) is 18.6 Å². The molecule has 1 aliphatic rings. The van der Waals surface area contributed by atoms with Gasteiger partial charge in [-0.3, -0.25) is 4.79 Å². The predicted molar refractivity (Wildman–Crippen MR) is 111 cm³/mol. The summed E-state index contributed by atoms with van der Waals surface area (Å²) in [5.74, 6) is 1.26. The van der Waals surface area contributed by atoms with Gasteiger partial charge in [0.25, 0.3) is 5.91 Å². The molecular formula is C21H24N2O3S. The molecule has 1 atom stereocenters. The molecule has 142 valence electrons. The van der Waals surface area contributed by atoms with Crippen molar-refractivity contribution in [3.63, 3.8) is 0 Å². The molecule has 27 heavy (non-hydrogen) atoms. The molecule has 1 fully saturated rings. The SMILES string of the molecule is CCOc1cc(/C=C2\S[C@H](Nc3ccc(CC)cc3)NC2=O)ccc1OC. The molecular weight excluding hydrogens is 360 g/mol. The van der Waals surface area contributed by atoms with Crippen molar-refractivity contribution in [1.29, 1.82) is 0 Å². The molecule has 6 heteroatoms. The number of methoxy groups -OCH3 is 1. The maximum atomic E-state index is 12.3. The first-order chi connectivity index (χ1) is 13.1. The molecule has 3 rings (SSSR count). The Labute approximate surface area is 164 Å². The van der Waals surface area contributed by atoms with Gasteiger partial charge in [0.1, 0.15) is 0 Å². The maximum Gasteiger partial charge on any atom is 0.260 e.